The summed E-state index contributed by atoms with van der Waals surface area (Å²) in [5, 5.41) is 14.6. The van der Waals surface area contributed by atoms with E-state index >= 15 is 0 Å². The Morgan fingerprint density at radius 3 is 2.63 bits per heavy atom. The second-order valence-electron chi connectivity index (χ2n) is 4.36. The number of aryl methyl sites for hydroxylation is 2. The first-order valence-electron chi connectivity index (χ1n) is 5.99. The van der Waals surface area contributed by atoms with Crippen LogP contribution in [-0.4, -0.2) is 26.6 Å². The molecule has 0 aliphatic carbocycles. The highest BCUT2D eigenvalue weighted by Crippen LogP contribution is 2.26. The molecule has 1 unspecified atom stereocenters. The van der Waals surface area contributed by atoms with Gasteiger partial charge in [0, 0.05) is 12.8 Å². The lowest BCUT2D eigenvalue weighted by Gasteiger charge is -2.12. The minimum atomic E-state index is -0.794. The molecule has 0 saturated carbocycles. The van der Waals surface area contributed by atoms with Gasteiger partial charge in [-0.3, -0.25) is 9.48 Å². The molecule has 0 radical (unpaired) electrons. The summed E-state index contributed by atoms with van der Waals surface area (Å²) in [5.74, 6) is -0.794. The van der Waals surface area contributed by atoms with Gasteiger partial charge in [-0.2, -0.15) is 5.10 Å². The third-order valence-corrected chi connectivity index (χ3v) is 4.03. The zero-order valence-electron chi connectivity index (χ0n) is 10.9. The van der Waals surface area contributed by atoms with Gasteiger partial charge in [0.2, 0.25) is 0 Å². The first-order chi connectivity index (χ1) is 9.08. The number of carbonyl (C=O) groups is 1. The lowest BCUT2D eigenvalue weighted by atomic mass is 10.0. The zero-order valence-corrected chi connectivity index (χ0v) is 11.7. The Kier molecular flexibility index (Phi) is 4.27. The molecule has 4 nitrogen and oxygen atoms in total. The van der Waals surface area contributed by atoms with Crippen LogP contribution in [0.3, 0.4) is 0 Å². The van der Waals surface area contributed by atoms with E-state index in [9.17, 15) is 9.90 Å². The Morgan fingerprint density at radius 2 is 2.11 bits per heavy atom. The fourth-order valence-corrected chi connectivity index (χ4v) is 3.04. The molecule has 0 saturated heterocycles. The summed E-state index contributed by atoms with van der Waals surface area (Å²) in [6.45, 7) is 1.93. The molecule has 0 bridgehead atoms. The van der Waals surface area contributed by atoms with E-state index in [4.69, 9.17) is 0 Å². The number of carboxylic acids is 1. The van der Waals surface area contributed by atoms with Crippen LogP contribution >= 0.6 is 11.8 Å². The number of nitrogens with zero attached hydrogens (tertiary/aromatic N) is 2. The Balaban J connectivity index is 2.10. The number of aliphatic carboxylic acids is 1. The number of aromatic nitrogens is 2. The summed E-state index contributed by atoms with van der Waals surface area (Å²) in [6, 6.07) is 11.3. The molecule has 19 heavy (non-hydrogen) atoms. The molecule has 1 N–H and O–H groups in total. The van der Waals surface area contributed by atoms with Crippen LogP contribution in [0.4, 0.5) is 0 Å². The molecular weight excluding hydrogens is 260 g/mol. The van der Waals surface area contributed by atoms with Crippen LogP contribution in [0.2, 0.25) is 0 Å². The molecule has 0 spiro atoms. The van der Waals surface area contributed by atoms with Crippen molar-refractivity contribution in [2.24, 2.45) is 7.05 Å². The van der Waals surface area contributed by atoms with Gasteiger partial charge < -0.3 is 5.11 Å². The Hall–Kier alpha value is -1.75. The number of carboxylic acid groups (broad SMARTS) is 1. The summed E-state index contributed by atoms with van der Waals surface area (Å²) < 4.78 is 1.78. The predicted molar refractivity (Wildman–Crippen MR) is 75.5 cm³/mol. The van der Waals surface area contributed by atoms with Gasteiger partial charge >= 0.3 is 5.97 Å². The van der Waals surface area contributed by atoms with Crippen molar-refractivity contribution in [3.63, 3.8) is 0 Å². The van der Waals surface area contributed by atoms with Crippen LogP contribution < -0.4 is 0 Å². The van der Waals surface area contributed by atoms with Crippen LogP contribution in [0.1, 0.15) is 17.2 Å². The number of benzene rings is 1. The normalized spacial score (nSPS) is 12.3. The number of rotatable bonds is 5. The van der Waals surface area contributed by atoms with Gasteiger partial charge in [-0.25, -0.2) is 0 Å². The third-order valence-electron chi connectivity index (χ3n) is 2.86. The molecule has 2 rings (SSSR count). The molecule has 1 aromatic heterocycles. The molecule has 100 valence electrons. The fraction of sp³-hybridized carbons (Fsp3) is 0.286. The minimum Gasteiger partial charge on any atom is -0.481 e. The molecule has 1 aromatic carbocycles. The van der Waals surface area contributed by atoms with Crippen molar-refractivity contribution in [2.75, 3.05) is 5.75 Å². The van der Waals surface area contributed by atoms with E-state index in [1.54, 1.807) is 4.68 Å². The van der Waals surface area contributed by atoms with Crippen molar-refractivity contribution >= 4 is 17.7 Å². The molecular formula is C14H16N2O2S. The molecule has 5 heteroatoms. The molecule has 1 heterocycles. The average molecular weight is 276 g/mol. The highest BCUT2D eigenvalue weighted by atomic mass is 32.2. The predicted octanol–water partition coefficient (Wildman–Crippen LogP) is 2.69. The molecule has 1 atom stereocenters. The van der Waals surface area contributed by atoms with Crippen LogP contribution in [0.15, 0.2) is 41.4 Å². The van der Waals surface area contributed by atoms with E-state index in [1.807, 2.05) is 50.4 Å². The number of hydrogen-bond donors (Lipinski definition) is 1. The second kappa shape index (κ2) is 5.93. The van der Waals surface area contributed by atoms with E-state index in [1.165, 1.54) is 11.8 Å². The monoisotopic (exact) mass is 276 g/mol. The van der Waals surface area contributed by atoms with E-state index < -0.39 is 11.9 Å². The lowest BCUT2D eigenvalue weighted by Crippen LogP contribution is -2.14. The van der Waals surface area contributed by atoms with E-state index in [-0.39, 0.29) is 0 Å². The van der Waals surface area contributed by atoms with Crippen molar-refractivity contribution in [2.45, 2.75) is 17.9 Å². The number of thioether (sulfide) groups is 1. The Labute approximate surface area is 116 Å². The first kappa shape index (κ1) is 13.7. The SMILES string of the molecule is Cc1cc(SCC(C(=O)O)c2ccccc2)n(C)n1. The van der Waals surface area contributed by atoms with Crippen LogP contribution in [-0.2, 0) is 11.8 Å². The average Bonchev–Trinajstić information content (AvgIpc) is 2.69. The molecule has 0 aliphatic rings. The highest BCUT2D eigenvalue weighted by Gasteiger charge is 2.20. The summed E-state index contributed by atoms with van der Waals surface area (Å²) in [6.07, 6.45) is 0. The topological polar surface area (TPSA) is 55.1 Å². The maximum atomic E-state index is 11.4. The van der Waals surface area contributed by atoms with Gasteiger partial charge in [-0.05, 0) is 18.6 Å². The largest absolute Gasteiger partial charge is 0.481 e. The zero-order chi connectivity index (χ0) is 13.8. The summed E-state index contributed by atoms with van der Waals surface area (Å²) in [5.41, 5.74) is 1.78. The first-order valence-corrected chi connectivity index (χ1v) is 6.97. The number of hydrogen-bond acceptors (Lipinski definition) is 3. The van der Waals surface area contributed by atoms with Crippen molar-refractivity contribution in [3.8, 4) is 0 Å². The lowest BCUT2D eigenvalue weighted by molar-refractivity contribution is -0.138. The molecule has 0 fully saturated rings. The van der Waals surface area contributed by atoms with Gasteiger partial charge in [-0.15, -0.1) is 11.8 Å². The molecule has 2 aromatic rings. The van der Waals surface area contributed by atoms with Crippen LogP contribution in [0, 0.1) is 6.92 Å². The summed E-state index contributed by atoms with van der Waals surface area (Å²) in [7, 11) is 1.87. The summed E-state index contributed by atoms with van der Waals surface area (Å²) >= 11 is 1.52. The van der Waals surface area contributed by atoms with E-state index in [2.05, 4.69) is 5.10 Å². The maximum Gasteiger partial charge on any atom is 0.311 e. The van der Waals surface area contributed by atoms with Crippen LogP contribution in [0.25, 0.3) is 0 Å². The van der Waals surface area contributed by atoms with Crippen molar-refractivity contribution < 1.29 is 9.90 Å². The van der Waals surface area contributed by atoms with Crippen molar-refractivity contribution in [1.82, 2.24) is 9.78 Å². The highest BCUT2D eigenvalue weighted by molar-refractivity contribution is 7.99. The third kappa shape index (κ3) is 3.38. The fourth-order valence-electron chi connectivity index (χ4n) is 1.89. The van der Waals surface area contributed by atoms with E-state index in [0.717, 1.165) is 16.3 Å². The van der Waals surface area contributed by atoms with Gasteiger partial charge in [0.15, 0.2) is 0 Å². The Bertz CT molecular complexity index is 566. The molecule has 0 amide bonds. The van der Waals surface area contributed by atoms with Crippen LogP contribution in [0.5, 0.6) is 0 Å². The van der Waals surface area contributed by atoms with Gasteiger partial charge in [0.05, 0.1) is 16.6 Å². The Morgan fingerprint density at radius 1 is 1.42 bits per heavy atom. The van der Waals surface area contributed by atoms with Gasteiger partial charge in [0.25, 0.3) is 0 Å². The maximum absolute atomic E-state index is 11.4. The van der Waals surface area contributed by atoms with Crippen molar-refractivity contribution in [1.29, 1.82) is 0 Å². The summed E-state index contributed by atoms with van der Waals surface area (Å²) in [4.78, 5) is 11.4. The minimum absolute atomic E-state index is 0.498. The van der Waals surface area contributed by atoms with Gasteiger partial charge in [-0.1, -0.05) is 30.3 Å². The smallest absolute Gasteiger partial charge is 0.311 e. The van der Waals surface area contributed by atoms with Crippen molar-refractivity contribution in [3.05, 3.63) is 47.7 Å². The standard InChI is InChI=1S/C14H16N2O2S/c1-10-8-13(16(2)15-10)19-9-12(14(17)18)11-6-4-3-5-7-11/h3-8,12H,9H2,1-2H3,(H,17,18). The second-order valence-corrected chi connectivity index (χ2v) is 5.40. The quantitative estimate of drug-likeness (QED) is 0.853. The van der Waals surface area contributed by atoms with E-state index in [0.29, 0.717) is 5.75 Å². The molecule has 0 aliphatic heterocycles. The van der Waals surface area contributed by atoms with Gasteiger partial charge in [0.1, 0.15) is 0 Å².